The minimum Gasteiger partial charge on any atom is -0.462 e. The standard InChI is InChI=1S/C61H104O6/c1-4-7-10-13-16-19-22-24-26-28-30-32-34-36-39-42-45-48-51-54-60(63)66-57-58(56-65-59(62)53-50-47-44-41-38-21-18-15-12-9-6-3)67-61(64)55-52-49-46-43-40-37-35-33-31-29-27-25-23-20-17-14-11-8-5-2/h15-20,24-27,30,32,36,39,58H,4-14,21-23,28-29,31,33-35,37-38,40-57H2,1-3H3/b18-15-,19-16-,20-17-,26-24-,27-25-,32-30-,39-36-/t58-/m0/s1. The second-order valence-corrected chi connectivity index (χ2v) is 18.5. The molecule has 0 aliphatic heterocycles. The molecular weight excluding hydrogens is 829 g/mol. The summed E-state index contributed by atoms with van der Waals surface area (Å²) in [4.78, 5) is 38.1. The predicted octanol–water partition coefficient (Wildman–Crippen LogP) is 18.8. The highest BCUT2D eigenvalue weighted by Gasteiger charge is 2.19. The monoisotopic (exact) mass is 933 g/mol. The number of ether oxygens (including phenoxy) is 3. The number of carbonyl (C=O) groups excluding carboxylic acids is 3. The fourth-order valence-corrected chi connectivity index (χ4v) is 7.55. The number of hydrogen-bond acceptors (Lipinski definition) is 6. The molecule has 0 aromatic heterocycles. The van der Waals surface area contributed by atoms with Crippen LogP contribution in [-0.4, -0.2) is 37.2 Å². The molecule has 6 heteroatoms. The first-order chi connectivity index (χ1) is 33.0. The quantitative estimate of drug-likeness (QED) is 0.0262. The normalized spacial score (nSPS) is 12.7. The molecule has 6 nitrogen and oxygen atoms in total. The first-order valence-corrected chi connectivity index (χ1v) is 28.1. The van der Waals surface area contributed by atoms with E-state index in [1.807, 2.05) is 0 Å². The topological polar surface area (TPSA) is 78.9 Å². The van der Waals surface area contributed by atoms with Crippen molar-refractivity contribution >= 4 is 17.9 Å². The average molecular weight is 933 g/mol. The van der Waals surface area contributed by atoms with Crippen LogP contribution in [0, 0.1) is 0 Å². The lowest BCUT2D eigenvalue weighted by molar-refractivity contribution is -0.167. The number of unbranched alkanes of at least 4 members (excludes halogenated alkanes) is 25. The lowest BCUT2D eigenvalue weighted by Gasteiger charge is -2.18. The minimum absolute atomic E-state index is 0.0931. The van der Waals surface area contributed by atoms with Gasteiger partial charge in [0.05, 0.1) is 0 Å². The molecule has 384 valence electrons. The van der Waals surface area contributed by atoms with Crippen molar-refractivity contribution < 1.29 is 28.6 Å². The molecule has 0 saturated heterocycles. The summed E-state index contributed by atoms with van der Waals surface area (Å²) in [7, 11) is 0. The van der Waals surface area contributed by atoms with Crippen molar-refractivity contribution in [3.05, 3.63) is 85.1 Å². The number of rotatable bonds is 50. The molecule has 0 aliphatic carbocycles. The highest BCUT2D eigenvalue weighted by molar-refractivity contribution is 5.71. The maximum Gasteiger partial charge on any atom is 0.306 e. The van der Waals surface area contributed by atoms with E-state index in [-0.39, 0.29) is 31.1 Å². The van der Waals surface area contributed by atoms with Gasteiger partial charge in [-0.05, 0) is 116 Å². The maximum absolute atomic E-state index is 12.8. The number of hydrogen-bond donors (Lipinski definition) is 0. The third-order valence-electron chi connectivity index (χ3n) is 11.8. The van der Waals surface area contributed by atoms with E-state index in [1.54, 1.807) is 0 Å². The molecule has 0 N–H and O–H groups in total. The molecule has 0 bridgehead atoms. The van der Waals surface area contributed by atoms with Crippen LogP contribution in [0.5, 0.6) is 0 Å². The molecule has 0 unspecified atom stereocenters. The summed E-state index contributed by atoms with van der Waals surface area (Å²) in [6, 6.07) is 0. The summed E-state index contributed by atoms with van der Waals surface area (Å²) in [5, 5.41) is 0. The molecule has 0 aromatic rings. The Bertz CT molecular complexity index is 1300. The zero-order valence-corrected chi connectivity index (χ0v) is 43.9. The molecule has 0 spiro atoms. The maximum atomic E-state index is 12.8. The van der Waals surface area contributed by atoms with Gasteiger partial charge in [0.25, 0.3) is 0 Å². The van der Waals surface area contributed by atoms with Gasteiger partial charge in [-0.3, -0.25) is 14.4 Å². The van der Waals surface area contributed by atoms with Gasteiger partial charge in [-0.25, -0.2) is 0 Å². The Kier molecular flexibility index (Phi) is 52.4. The summed E-state index contributed by atoms with van der Waals surface area (Å²) < 4.78 is 16.8. The van der Waals surface area contributed by atoms with Gasteiger partial charge in [-0.15, -0.1) is 0 Å². The van der Waals surface area contributed by atoms with Gasteiger partial charge in [0, 0.05) is 19.3 Å². The molecule has 0 aromatic carbocycles. The molecule has 0 heterocycles. The third-order valence-corrected chi connectivity index (χ3v) is 11.8. The molecule has 1 atom stereocenters. The van der Waals surface area contributed by atoms with Crippen molar-refractivity contribution in [2.45, 2.75) is 271 Å². The summed E-state index contributed by atoms with van der Waals surface area (Å²) in [6.07, 6.45) is 71.4. The van der Waals surface area contributed by atoms with E-state index in [0.717, 1.165) is 103 Å². The lowest BCUT2D eigenvalue weighted by Crippen LogP contribution is -2.30. The van der Waals surface area contributed by atoms with Gasteiger partial charge in [-0.2, -0.15) is 0 Å². The summed E-state index contributed by atoms with van der Waals surface area (Å²) in [5.41, 5.74) is 0. The second kappa shape index (κ2) is 55.2. The Hall–Kier alpha value is -3.41. The van der Waals surface area contributed by atoms with Crippen LogP contribution in [0.3, 0.4) is 0 Å². The van der Waals surface area contributed by atoms with Crippen LogP contribution >= 0.6 is 0 Å². The minimum atomic E-state index is -0.795. The molecular formula is C61H104O6. The molecule has 0 aliphatic rings. The second-order valence-electron chi connectivity index (χ2n) is 18.5. The van der Waals surface area contributed by atoms with Crippen LogP contribution in [-0.2, 0) is 28.6 Å². The Morgan fingerprint density at radius 2 is 0.552 bits per heavy atom. The largest absolute Gasteiger partial charge is 0.462 e. The Morgan fingerprint density at radius 1 is 0.299 bits per heavy atom. The van der Waals surface area contributed by atoms with Crippen molar-refractivity contribution in [3.8, 4) is 0 Å². The van der Waals surface area contributed by atoms with Crippen LogP contribution in [0.25, 0.3) is 0 Å². The number of allylic oxidation sites excluding steroid dienone is 14. The van der Waals surface area contributed by atoms with Gasteiger partial charge < -0.3 is 14.2 Å². The van der Waals surface area contributed by atoms with E-state index in [1.165, 1.54) is 122 Å². The van der Waals surface area contributed by atoms with E-state index in [2.05, 4.69) is 106 Å². The van der Waals surface area contributed by atoms with E-state index in [0.29, 0.717) is 19.3 Å². The summed E-state index contributed by atoms with van der Waals surface area (Å²) >= 11 is 0. The fraction of sp³-hybridized carbons (Fsp3) is 0.721. The molecule has 0 saturated carbocycles. The smallest absolute Gasteiger partial charge is 0.306 e. The Labute approximate surface area is 414 Å². The Balaban J connectivity index is 4.41. The molecule has 0 rings (SSSR count). The van der Waals surface area contributed by atoms with Crippen molar-refractivity contribution in [1.29, 1.82) is 0 Å². The van der Waals surface area contributed by atoms with Gasteiger partial charge >= 0.3 is 17.9 Å². The lowest BCUT2D eigenvalue weighted by atomic mass is 10.1. The van der Waals surface area contributed by atoms with E-state index < -0.39 is 6.10 Å². The SMILES string of the molecule is CCCC/C=C\CCCCCCCC(=O)OC[C@@H](COC(=O)CCCCC/C=C\C/C=C\C/C=C\C/C=C\CCCCC)OC(=O)CCCCCCCCCCC/C=C\C/C=C\CCCCC. The Morgan fingerprint density at radius 3 is 0.910 bits per heavy atom. The predicted molar refractivity (Wildman–Crippen MR) is 288 cm³/mol. The molecule has 67 heavy (non-hydrogen) atoms. The van der Waals surface area contributed by atoms with Crippen molar-refractivity contribution in [2.75, 3.05) is 13.2 Å². The van der Waals surface area contributed by atoms with E-state index >= 15 is 0 Å². The van der Waals surface area contributed by atoms with Crippen LogP contribution < -0.4 is 0 Å². The van der Waals surface area contributed by atoms with Crippen molar-refractivity contribution in [3.63, 3.8) is 0 Å². The van der Waals surface area contributed by atoms with Gasteiger partial charge in [0.1, 0.15) is 13.2 Å². The van der Waals surface area contributed by atoms with Crippen molar-refractivity contribution in [2.24, 2.45) is 0 Å². The third kappa shape index (κ3) is 53.4. The first kappa shape index (κ1) is 63.6. The first-order valence-electron chi connectivity index (χ1n) is 28.1. The van der Waals surface area contributed by atoms with Crippen LogP contribution in [0.1, 0.15) is 265 Å². The van der Waals surface area contributed by atoms with E-state index in [9.17, 15) is 14.4 Å². The van der Waals surface area contributed by atoms with Gasteiger partial charge in [0.2, 0.25) is 0 Å². The summed E-state index contributed by atoms with van der Waals surface area (Å²) in [5.74, 6) is -0.935. The van der Waals surface area contributed by atoms with Crippen LogP contribution in [0.4, 0.5) is 0 Å². The van der Waals surface area contributed by atoms with Crippen LogP contribution in [0.2, 0.25) is 0 Å². The van der Waals surface area contributed by atoms with Crippen LogP contribution in [0.15, 0.2) is 85.1 Å². The molecule has 0 amide bonds. The van der Waals surface area contributed by atoms with E-state index in [4.69, 9.17) is 14.2 Å². The highest BCUT2D eigenvalue weighted by Crippen LogP contribution is 2.14. The average Bonchev–Trinajstić information content (AvgIpc) is 3.33. The molecule has 0 fully saturated rings. The van der Waals surface area contributed by atoms with Gasteiger partial charge in [0.15, 0.2) is 6.10 Å². The molecule has 0 radical (unpaired) electrons. The zero-order valence-electron chi connectivity index (χ0n) is 43.9. The number of carbonyl (C=O) groups is 3. The van der Waals surface area contributed by atoms with Crippen molar-refractivity contribution in [1.82, 2.24) is 0 Å². The highest BCUT2D eigenvalue weighted by atomic mass is 16.6. The zero-order chi connectivity index (χ0) is 48.6. The summed E-state index contributed by atoms with van der Waals surface area (Å²) in [6.45, 7) is 6.52. The van der Waals surface area contributed by atoms with Gasteiger partial charge in [-0.1, -0.05) is 215 Å². The number of esters is 3. The fourth-order valence-electron chi connectivity index (χ4n) is 7.55.